The Balaban J connectivity index is 2.14. The maximum atomic E-state index is 12.3. The van der Waals surface area contributed by atoms with Crippen molar-refractivity contribution in [1.29, 1.82) is 0 Å². The Labute approximate surface area is 143 Å². The number of rotatable bonds is 7. The highest BCUT2D eigenvalue weighted by Gasteiger charge is 2.20. The molecule has 2 N–H and O–H groups in total. The van der Waals surface area contributed by atoms with Crippen LogP contribution in [0, 0.1) is 0 Å². The summed E-state index contributed by atoms with van der Waals surface area (Å²) >= 11 is 3.25. The first-order valence-electron chi connectivity index (χ1n) is 6.90. The normalized spacial score (nSPS) is 12.7. The van der Waals surface area contributed by atoms with Gasteiger partial charge in [0.15, 0.2) is 0 Å². The van der Waals surface area contributed by atoms with Gasteiger partial charge >= 0.3 is 5.97 Å². The highest BCUT2D eigenvalue weighted by molar-refractivity contribution is 9.10. The molecular formula is C16H16BrNO4S. The van der Waals surface area contributed by atoms with Crippen LogP contribution in [0.1, 0.15) is 17.9 Å². The molecule has 0 fully saturated rings. The smallest absolute Gasteiger partial charge is 0.304 e. The summed E-state index contributed by atoms with van der Waals surface area (Å²) in [4.78, 5) is 11.2. The van der Waals surface area contributed by atoms with Crippen molar-refractivity contribution in [1.82, 2.24) is 4.72 Å². The Morgan fingerprint density at radius 2 is 1.70 bits per heavy atom. The number of aliphatic carboxylic acids is 1. The van der Waals surface area contributed by atoms with Crippen LogP contribution in [0.4, 0.5) is 0 Å². The van der Waals surface area contributed by atoms with E-state index in [-0.39, 0.29) is 17.9 Å². The Morgan fingerprint density at radius 3 is 2.26 bits per heavy atom. The van der Waals surface area contributed by atoms with Crippen LogP contribution in [0.25, 0.3) is 0 Å². The summed E-state index contributed by atoms with van der Waals surface area (Å²) < 4.78 is 27.9. The van der Waals surface area contributed by atoms with E-state index in [0.717, 1.165) is 10.0 Å². The summed E-state index contributed by atoms with van der Waals surface area (Å²) in [6, 6.07) is 15.3. The first-order chi connectivity index (χ1) is 10.9. The molecule has 0 amide bonds. The molecule has 7 heteroatoms. The fraction of sp³-hybridized carbons (Fsp3) is 0.188. The van der Waals surface area contributed by atoms with Crippen molar-refractivity contribution in [3.05, 3.63) is 64.6 Å². The Hall–Kier alpha value is -1.70. The van der Waals surface area contributed by atoms with Crippen LogP contribution >= 0.6 is 15.9 Å². The number of benzene rings is 2. The molecule has 5 nitrogen and oxygen atoms in total. The van der Waals surface area contributed by atoms with E-state index >= 15 is 0 Å². The third-order valence-electron chi connectivity index (χ3n) is 3.34. The van der Waals surface area contributed by atoms with Crippen molar-refractivity contribution in [2.24, 2.45) is 0 Å². The minimum Gasteiger partial charge on any atom is -0.481 e. The van der Waals surface area contributed by atoms with E-state index in [1.165, 1.54) is 12.1 Å². The predicted octanol–water partition coefficient (Wildman–Crippen LogP) is 2.99. The number of nitrogens with one attached hydrogen (secondary N) is 1. The van der Waals surface area contributed by atoms with E-state index in [1.54, 1.807) is 36.4 Å². The van der Waals surface area contributed by atoms with Crippen LogP contribution in [0.2, 0.25) is 0 Å². The van der Waals surface area contributed by atoms with Crippen LogP contribution in [0.5, 0.6) is 0 Å². The molecular weight excluding hydrogens is 382 g/mol. The Bertz CT molecular complexity index is 760. The topological polar surface area (TPSA) is 83.5 Å². The first-order valence-corrected chi connectivity index (χ1v) is 9.18. The average Bonchev–Trinajstić information content (AvgIpc) is 2.52. The molecule has 0 aromatic heterocycles. The van der Waals surface area contributed by atoms with Crippen LogP contribution < -0.4 is 4.72 Å². The molecule has 122 valence electrons. The summed E-state index contributed by atoms with van der Waals surface area (Å²) in [5.41, 5.74) is 0.786. The van der Waals surface area contributed by atoms with Gasteiger partial charge in [-0.1, -0.05) is 46.3 Å². The number of hydrogen-bond acceptors (Lipinski definition) is 3. The van der Waals surface area contributed by atoms with Gasteiger partial charge in [-0.2, -0.15) is 0 Å². The van der Waals surface area contributed by atoms with Crippen molar-refractivity contribution in [3.63, 3.8) is 0 Å². The molecule has 0 bridgehead atoms. The zero-order valence-corrected chi connectivity index (χ0v) is 14.5. The first kappa shape index (κ1) is 17.7. The van der Waals surface area contributed by atoms with E-state index in [0.29, 0.717) is 0 Å². The third kappa shape index (κ3) is 5.16. The van der Waals surface area contributed by atoms with Gasteiger partial charge in [0.25, 0.3) is 0 Å². The highest BCUT2D eigenvalue weighted by Crippen LogP contribution is 2.20. The van der Waals surface area contributed by atoms with Gasteiger partial charge in [-0.3, -0.25) is 4.79 Å². The highest BCUT2D eigenvalue weighted by atomic mass is 79.9. The minimum absolute atomic E-state index is 0.0225. The molecule has 2 aromatic rings. The molecule has 1 atom stereocenters. The lowest BCUT2D eigenvalue weighted by Crippen LogP contribution is -2.29. The largest absolute Gasteiger partial charge is 0.481 e. The lowest BCUT2D eigenvalue weighted by Gasteiger charge is -2.16. The summed E-state index contributed by atoms with van der Waals surface area (Å²) in [6.45, 7) is 0.0225. The SMILES string of the molecule is O=C(O)CC(CNS(=O)(=O)c1ccc(Br)cc1)c1ccccc1. The summed E-state index contributed by atoms with van der Waals surface area (Å²) in [5, 5.41) is 9.04. The predicted molar refractivity (Wildman–Crippen MR) is 90.8 cm³/mol. The maximum absolute atomic E-state index is 12.3. The van der Waals surface area contributed by atoms with Gasteiger partial charge < -0.3 is 5.11 Å². The monoisotopic (exact) mass is 397 g/mol. The number of carboxylic acids is 1. The number of halogens is 1. The van der Waals surface area contributed by atoms with Crippen molar-refractivity contribution in [2.45, 2.75) is 17.2 Å². The molecule has 0 saturated heterocycles. The molecule has 0 heterocycles. The number of carboxylic acid groups (broad SMARTS) is 1. The summed E-state index contributed by atoms with van der Waals surface area (Å²) in [5.74, 6) is -1.40. The van der Waals surface area contributed by atoms with E-state index in [9.17, 15) is 13.2 Å². The van der Waals surface area contributed by atoms with Gasteiger partial charge in [-0.25, -0.2) is 13.1 Å². The molecule has 2 rings (SSSR count). The van der Waals surface area contributed by atoms with Gasteiger partial charge in [0, 0.05) is 16.9 Å². The van der Waals surface area contributed by atoms with E-state index < -0.39 is 21.9 Å². The molecule has 0 aliphatic rings. The minimum atomic E-state index is -3.68. The second kappa shape index (κ2) is 7.72. The van der Waals surface area contributed by atoms with Gasteiger partial charge in [0.2, 0.25) is 10.0 Å². The second-order valence-electron chi connectivity index (χ2n) is 5.01. The van der Waals surface area contributed by atoms with Gasteiger partial charge in [-0.15, -0.1) is 0 Å². The summed E-state index contributed by atoms with van der Waals surface area (Å²) in [7, 11) is -3.68. The van der Waals surface area contributed by atoms with Gasteiger partial charge in [0.05, 0.1) is 11.3 Å². The molecule has 0 saturated carbocycles. The molecule has 1 unspecified atom stereocenters. The Morgan fingerprint density at radius 1 is 1.09 bits per heavy atom. The van der Waals surface area contributed by atoms with E-state index in [4.69, 9.17) is 5.11 Å². The van der Waals surface area contributed by atoms with Crippen LogP contribution in [0.3, 0.4) is 0 Å². The molecule has 0 spiro atoms. The van der Waals surface area contributed by atoms with Gasteiger partial charge in [0.1, 0.15) is 0 Å². The van der Waals surface area contributed by atoms with Gasteiger partial charge in [-0.05, 0) is 29.8 Å². The van der Waals surface area contributed by atoms with Crippen LogP contribution in [-0.2, 0) is 14.8 Å². The van der Waals surface area contributed by atoms with E-state index in [2.05, 4.69) is 20.7 Å². The molecule has 23 heavy (non-hydrogen) atoms. The van der Waals surface area contributed by atoms with E-state index in [1.807, 2.05) is 6.07 Å². The van der Waals surface area contributed by atoms with Crippen molar-refractivity contribution in [2.75, 3.05) is 6.54 Å². The zero-order valence-electron chi connectivity index (χ0n) is 12.1. The molecule has 0 aliphatic carbocycles. The van der Waals surface area contributed by atoms with Crippen molar-refractivity contribution in [3.8, 4) is 0 Å². The Kier molecular flexibility index (Phi) is 5.92. The fourth-order valence-electron chi connectivity index (χ4n) is 2.15. The molecule has 0 aliphatic heterocycles. The van der Waals surface area contributed by atoms with Crippen LogP contribution in [0.15, 0.2) is 64.0 Å². The quantitative estimate of drug-likeness (QED) is 0.751. The second-order valence-corrected chi connectivity index (χ2v) is 7.69. The molecule has 0 radical (unpaired) electrons. The lowest BCUT2D eigenvalue weighted by atomic mass is 9.96. The number of carbonyl (C=O) groups is 1. The maximum Gasteiger partial charge on any atom is 0.304 e. The zero-order chi connectivity index (χ0) is 16.9. The summed E-state index contributed by atoms with van der Waals surface area (Å²) in [6.07, 6.45) is -0.146. The van der Waals surface area contributed by atoms with Crippen LogP contribution in [-0.4, -0.2) is 26.0 Å². The number of sulfonamides is 1. The average molecular weight is 398 g/mol. The standard InChI is InChI=1S/C16H16BrNO4S/c17-14-6-8-15(9-7-14)23(21,22)18-11-13(10-16(19)20)12-4-2-1-3-5-12/h1-9,13,18H,10-11H2,(H,19,20). The van der Waals surface area contributed by atoms with Crippen molar-refractivity contribution < 1.29 is 18.3 Å². The molecule has 2 aromatic carbocycles. The third-order valence-corrected chi connectivity index (χ3v) is 5.30. The number of hydrogen-bond donors (Lipinski definition) is 2. The lowest BCUT2D eigenvalue weighted by molar-refractivity contribution is -0.137. The van der Waals surface area contributed by atoms with Crippen molar-refractivity contribution >= 4 is 31.9 Å². The fourth-order valence-corrected chi connectivity index (χ4v) is 3.50.